The van der Waals surface area contributed by atoms with Crippen molar-refractivity contribution in [1.29, 1.82) is 0 Å². The van der Waals surface area contributed by atoms with Crippen LogP contribution in [-0.2, 0) is 13.2 Å². The molecule has 0 unspecified atom stereocenters. The van der Waals surface area contributed by atoms with E-state index in [2.05, 4.69) is 9.97 Å². The summed E-state index contributed by atoms with van der Waals surface area (Å²) in [4.78, 5) is 10.6. The second-order valence-corrected chi connectivity index (χ2v) is 7.54. The van der Waals surface area contributed by atoms with Gasteiger partial charge in [-0.05, 0) is 36.3 Å². The number of hydrogen-bond acceptors (Lipinski definition) is 4. The zero-order valence-electron chi connectivity index (χ0n) is 13.9. The number of fused-ring (bicyclic) bond motifs is 1. The van der Waals surface area contributed by atoms with Gasteiger partial charge in [-0.15, -0.1) is 23.5 Å². The number of aromatic nitrogens is 3. The van der Waals surface area contributed by atoms with Gasteiger partial charge in [-0.25, -0.2) is 9.97 Å². The Bertz CT molecular complexity index is 919. The quantitative estimate of drug-likeness (QED) is 0.558. The molecule has 2 heterocycles. The molecule has 0 spiro atoms. The normalized spacial score (nSPS) is 12.1. The van der Waals surface area contributed by atoms with Gasteiger partial charge in [0.25, 0.3) is 0 Å². The smallest absolute Gasteiger partial charge is 0.312 e. The summed E-state index contributed by atoms with van der Waals surface area (Å²) in [6.07, 6.45) is -0.631. The molecular formula is C17H16F3N3S2. The van der Waals surface area contributed by atoms with E-state index in [0.717, 1.165) is 16.5 Å². The van der Waals surface area contributed by atoms with Gasteiger partial charge in [0.2, 0.25) is 0 Å². The Morgan fingerprint density at radius 1 is 1.20 bits per heavy atom. The Balaban J connectivity index is 2.18. The van der Waals surface area contributed by atoms with Crippen molar-refractivity contribution in [1.82, 2.24) is 14.5 Å². The molecule has 0 N–H and O–H groups in total. The summed E-state index contributed by atoms with van der Waals surface area (Å²) >= 11 is 2.95. The van der Waals surface area contributed by atoms with Gasteiger partial charge >= 0.3 is 6.18 Å². The van der Waals surface area contributed by atoms with Crippen molar-refractivity contribution in [3.05, 3.63) is 36.0 Å². The summed E-state index contributed by atoms with van der Waals surface area (Å²) in [6.45, 7) is 1.91. The fourth-order valence-electron chi connectivity index (χ4n) is 2.57. The van der Waals surface area contributed by atoms with E-state index in [1.165, 1.54) is 23.9 Å². The minimum atomic E-state index is -4.36. The predicted molar refractivity (Wildman–Crippen MR) is 97.1 cm³/mol. The van der Waals surface area contributed by atoms with Crippen LogP contribution in [0.5, 0.6) is 0 Å². The fourth-order valence-corrected chi connectivity index (χ4v) is 3.79. The first-order chi connectivity index (χ1) is 11.8. The number of rotatable bonds is 4. The van der Waals surface area contributed by atoms with E-state index in [9.17, 15) is 13.2 Å². The molecule has 8 heteroatoms. The highest BCUT2D eigenvalue weighted by Crippen LogP contribution is 2.38. The Morgan fingerprint density at radius 2 is 1.96 bits per heavy atom. The van der Waals surface area contributed by atoms with Gasteiger partial charge in [-0.1, -0.05) is 6.92 Å². The van der Waals surface area contributed by atoms with Gasteiger partial charge in [-0.2, -0.15) is 13.2 Å². The summed E-state index contributed by atoms with van der Waals surface area (Å²) in [6, 6.07) is 5.74. The van der Waals surface area contributed by atoms with Gasteiger partial charge in [-0.3, -0.25) is 0 Å². The second kappa shape index (κ2) is 6.92. The number of alkyl halides is 3. The SMILES string of the molecule is CCSc1cc(C(F)(F)F)ccc1-c1nc2cc(SC)cnc2n1C. The van der Waals surface area contributed by atoms with E-state index in [4.69, 9.17) is 0 Å². The molecule has 3 aromatic rings. The lowest BCUT2D eigenvalue weighted by Crippen LogP contribution is -2.05. The second-order valence-electron chi connectivity index (χ2n) is 5.35. The third kappa shape index (κ3) is 3.50. The number of aryl methyl sites for hydroxylation is 1. The van der Waals surface area contributed by atoms with E-state index < -0.39 is 11.7 Å². The van der Waals surface area contributed by atoms with Gasteiger partial charge in [0.05, 0.1) is 5.56 Å². The maximum atomic E-state index is 13.0. The van der Waals surface area contributed by atoms with Crippen molar-refractivity contribution in [3.63, 3.8) is 0 Å². The summed E-state index contributed by atoms with van der Waals surface area (Å²) in [5.41, 5.74) is 1.48. The van der Waals surface area contributed by atoms with Gasteiger partial charge in [0.15, 0.2) is 5.65 Å². The van der Waals surface area contributed by atoms with Crippen molar-refractivity contribution in [2.45, 2.75) is 22.9 Å². The summed E-state index contributed by atoms with van der Waals surface area (Å²) < 4.78 is 40.9. The van der Waals surface area contributed by atoms with Crippen LogP contribution in [0.3, 0.4) is 0 Å². The number of hydrogen-bond donors (Lipinski definition) is 0. The monoisotopic (exact) mass is 383 g/mol. The van der Waals surface area contributed by atoms with Crippen LogP contribution in [0.4, 0.5) is 13.2 Å². The van der Waals surface area contributed by atoms with E-state index in [1.807, 2.05) is 30.9 Å². The minimum Gasteiger partial charge on any atom is -0.312 e. The third-order valence-electron chi connectivity index (χ3n) is 3.77. The summed E-state index contributed by atoms with van der Waals surface area (Å²) in [7, 11) is 1.83. The lowest BCUT2D eigenvalue weighted by Gasteiger charge is -2.12. The highest BCUT2D eigenvalue weighted by Gasteiger charge is 2.31. The lowest BCUT2D eigenvalue weighted by atomic mass is 10.1. The predicted octanol–water partition coefficient (Wildman–Crippen LogP) is 5.49. The number of pyridine rings is 1. The Morgan fingerprint density at radius 3 is 2.60 bits per heavy atom. The number of halogens is 3. The molecule has 0 fully saturated rings. The van der Waals surface area contributed by atoms with Gasteiger partial charge < -0.3 is 4.57 Å². The van der Waals surface area contributed by atoms with Crippen LogP contribution < -0.4 is 0 Å². The first-order valence-corrected chi connectivity index (χ1v) is 9.77. The molecule has 132 valence electrons. The first kappa shape index (κ1) is 18.1. The molecule has 0 aliphatic carbocycles. The molecule has 0 aliphatic rings. The Hall–Kier alpha value is -1.67. The van der Waals surface area contributed by atoms with Crippen LogP contribution in [0.1, 0.15) is 12.5 Å². The van der Waals surface area contributed by atoms with Crippen molar-refractivity contribution < 1.29 is 13.2 Å². The number of benzene rings is 1. The van der Waals surface area contributed by atoms with Crippen molar-refractivity contribution in [2.75, 3.05) is 12.0 Å². The molecule has 0 amide bonds. The number of imidazole rings is 1. The summed E-state index contributed by atoms with van der Waals surface area (Å²) in [5, 5.41) is 0. The van der Waals surface area contributed by atoms with E-state index in [1.54, 1.807) is 18.0 Å². The average molecular weight is 383 g/mol. The van der Waals surface area contributed by atoms with E-state index in [0.29, 0.717) is 27.7 Å². The van der Waals surface area contributed by atoms with Crippen LogP contribution in [0.2, 0.25) is 0 Å². The molecule has 25 heavy (non-hydrogen) atoms. The molecular weight excluding hydrogens is 367 g/mol. The molecule has 3 rings (SSSR count). The fraction of sp³-hybridized carbons (Fsp3) is 0.294. The zero-order valence-corrected chi connectivity index (χ0v) is 15.5. The number of nitrogens with zero attached hydrogens (tertiary/aromatic N) is 3. The Labute approximate surface area is 152 Å². The molecule has 2 aromatic heterocycles. The largest absolute Gasteiger partial charge is 0.416 e. The number of thioether (sulfide) groups is 2. The molecule has 0 bridgehead atoms. The molecule has 3 nitrogen and oxygen atoms in total. The molecule has 0 atom stereocenters. The van der Waals surface area contributed by atoms with Crippen LogP contribution in [0.25, 0.3) is 22.6 Å². The van der Waals surface area contributed by atoms with Crippen LogP contribution in [-0.4, -0.2) is 26.5 Å². The third-order valence-corrected chi connectivity index (χ3v) is 5.40. The molecule has 0 saturated heterocycles. The molecule has 1 aromatic carbocycles. The lowest BCUT2D eigenvalue weighted by molar-refractivity contribution is -0.137. The molecule has 0 aliphatic heterocycles. The first-order valence-electron chi connectivity index (χ1n) is 7.56. The van der Waals surface area contributed by atoms with Crippen molar-refractivity contribution in [3.8, 4) is 11.4 Å². The average Bonchev–Trinajstić information content (AvgIpc) is 2.90. The van der Waals surface area contributed by atoms with Gasteiger partial charge in [0.1, 0.15) is 11.3 Å². The standard InChI is InChI=1S/C17H16F3N3S2/c1-4-25-14-7-10(17(18,19)20)5-6-12(14)15-22-13-8-11(24-3)9-21-16(13)23(15)2/h5-9H,4H2,1-3H3. The maximum absolute atomic E-state index is 13.0. The van der Waals surface area contributed by atoms with Crippen LogP contribution >= 0.6 is 23.5 Å². The van der Waals surface area contributed by atoms with E-state index >= 15 is 0 Å². The van der Waals surface area contributed by atoms with Crippen molar-refractivity contribution >= 4 is 34.7 Å². The maximum Gasteiger partial charge on any atom is 0.416 e. The van der Waals surface area contributed by atoms with Crippen molar-refractivity contribution in [2.24, 2.45) is 7.05 Å². The van der Waals surface area contributed by atoms with Crippen LogP contribution in [0, 0.1) is 0 Å². The zero-order chi connectivity index (χ0) is 18.2. The molecule has 0 radical (unpaired) electrons. The highest BCUT2D eigenvalue weighted by atomic mass is 32.2. The van der Waals surface area contributed by atoms with Crippen LogP contribution in [0.15, 0.2) is 40.3 Å². The highest BCUT2D eigenvalue weighted by molar-refractivity contribution is 7.99. The Kier molecular flexibility index (Phi) is 5.02. The topological polar surface area (TPSA) is 30.7 Å². The van der Waals surface area contributed by atoms with E-state index in [-0.39, 0.29) is 0 Å². The minimum absolute atomic E-state index is 0.570. The van der Waals surface area contributed by atoms with Gasteiger partial charge in [0, 0.05) is 28.6 Å². The molecule has 0 saturated carbocycles. The summed E-state index contributed by atoms with van der Waals surface area (Å²) in [5.74, 6) is 1.29.